The van der Waals surface area contributed by atoms with Crippen molar-refractivity contribution in [2.75, 3.05) is 4.90 Å². The molecule has 146 valence electrons. The molecule has 3 aromatic rings. The first-order chi connectivity index (χ1) is 14.2. The topological polar surface area (TPSA) is 29.5 Å². The van der Waals surface area contributed by atoms with Crippen molar-refractivity contribution in [1.29, 1.82) is 0 Å². The van der Waals surface area contributed by atoms with E-state index in [0.29, 0.717) is 0 Å². The Morgan fingerprint density at radius 1 is 0.793 bits per heavy atom. The third-order valence-corrected chi connectivity index (χ3v) is 6.25. The first-order valence-corrected chi connectivity index (χ1v) is 10.5. The first kappa shape index (κ1) is 18.0. The molecule has 0 spiro atoms. The lowest BCUT2D eigenvalue weighted by molar-refractivity contribution is -0.142. The molecule has 29 heavy (non-hydrogen) atoms. The number of anilines is 3. The smallest absolute Gasteiger partial charge is 0.314 e. The molecular weight excluding hydrogens is 358 g/mol. The lowest BCUT2D eigenvalue weighted by atomic mass is 9.73. The van der Waals surface area contributed by atoms with Crippen LogP contribution < -0.4 is 9.64 Å². The second-order valence-electron chi connectivity index (χ2n) is 8.11. The van der Waals surface area contributed by atoms with Crippen LogP contribution in [-0.4, -0.2) is 5.97 Å². The minimum atomic E-state index is -0.0407. The summed E-state index contributed by atoms with van der Waals surface area (Å²) in [5.74, 6) is 1.02. The van der Waals surface area contributed by atoms with Gasteiger partial charge in [0.15, 0.2) is 0 Å². The number of benzene rings is 3. The van der Waals surface area contributed by atoms with Gasteiger partial charge in [0.1, 0.15) is 5.75 Å². The van der Waals surface area contributed by atoms with E-state index in [1.807, 2.05) is 19.1 Å². The Balaban J connectivity index is 1.67. The van der Waals surface area contributed by atoms with Crippen molar-refractivity contribution in [1.82, 2.24) is 0 Å². The molecule has 0 bridgehead atoms. The van der Waals surface area contributed by atoms with Crippen molar-refractivity contribution in [3.8, 4) is 5.75 Å². The molecule has 3 nitrogen and oxygen atoms in total. The van der Waals surface area contributed by atoms with E-state index < -0.39 is 0 Å². The highest BCUT2D eigenvalue weighted by atomic mass is 16.5. The number of esters is 1. The summed E-state index contributed by atoms with van der Waals surface area (Å²) in [6, 6.07) is 25.2. The monoisotopic (exact) mass is 383 g/mol. The van der Waals surface area contributed by atoms with Crippen LogP contribution >= 0.6 is 0 Å². The van der Waals surface area contributed by atoms with Gasteiger partial charge in [-0.25, -0.2) is 0 Å². The Hall–Kier alpha value is -3.07. The van der Waals surface area contributed by atoms with Gasteiger partial charge in [0.05, 0.1) is 5.92 Å². The van der Waals surface area contributed by atoms with E-state index in [-0.39, 0.29) is 17.8 Å². The van der Waals surface area contributed by atoms with Gasteiger partial charge in [-0.1, -0.05) is 49.2 Å². The second kappa shape index (κ2) is 7.40. The first-order valence-electron chi connectivity index (χ1n) is 10.5. The summed E-state index contributed by atoms with van der Waals surface area (Å²) >= 11 is 0. The van der Waals surface area contributed by atoms with Crippen molar-refractivity contribution in [3.05, 3.63) is 83.9 Å². The fourth-order valence-electron chi connectivity index (χ4n) is 4.89. The Bertz CT molecular complexity index is 990. The second-order valence-corrected chi connectivity index (χ2v) is 8.11. The zero-order valence-corrected chi connectivity index (χ0v) is 16.7. The Morgan fingerprint density at radius 2 is 1.38 bits per heavy atom. The van der Waals surface area contributed by atoms with Crippen LogP contribution in [0.3, 0.4) is 0 Å². The molecule has 1 aliphatic carbocycles. The van der Waals surface area contributed by atoms with Gasteiger partial charge >= 0.3 is 5.97 Å². The molecule has 1 heterocycles. The van der Waals surface area contributed by atoms with Gasteiger partial charge in [0.25, 0.3) is 0 Å². The average Bonchev–Trinajstić information content (AvgIpc) is 2.77. The molecule has 3 heteroatoms. The largest absolute Gasteiger partial charge is 0.426 e. The Kier molecular flexibility index (Phi) is 4.59. The maximum atomic E-state index is 12.6. The number of fused-ring (bicyclic) bond motifs is 3. The highest BCUT2D eigenvalue weighted by Crippen LogP contribution is 2.49. The fraction of sp³-hybridized carbons (Fsp3) is 0.269. The molecule has 2 atom stereocenters. The minimum Gasteiger partial charge on any atom is -0.426 e. The van der Waals surface area contributed by atoms with Crippen LogP contribution in [0.15, 0.2) is 72.8 Å². The minimum absolute atomic E-state index is 0.00722. The number of nitrogens with zero attached hydrogens (tertiary/aromatic N) is 1. The molecule has 3 aromatic carbocycles. The zero-order valence-electron chi connectivity index (χ0n) is 16.7. The summed E-state index contributed by atoms with van der Waals surface area (Å²) in [5, 5.41) is 0. The number of ether oxygens (including phenoxy) is 1. The predicted octanol–water partition coefficient (Wildman–Crippen LogP) is 6.66. The molecule has 2 aliphatic rings. The lowest BCUT2D eigenvalue weighted by Crippen LogP contribution is -2.34. The summed E-state index contributed by atoms with van der Waals surface area (Å²) in [7, 11) is 0. The summed E-state index contributed by atoms with van der Waals surface area (Å²) < 4.78 is 5.82. The van der Waals surface area contributed by atoms with Gasteiger partial charge in [-0.05, 0) is 61.7 Å². The quantitative estimate of drug-likeness (QED) is 0.374. The molecule has 2 unspecified atom stereocenters. The Morgan fingerprint density at radius 3 is 2.00 bits per heavy atom. The lowest BCUT2D eigenvalue weighted by Gasteiger charge is -2.37. The van der Waals surface area contributed by atoms with Crippen molar-refractivity contribution in [2.45, 2.75) is 38.5 Å². The van der Waals surface area contributed by atoms with Crippen LogP contribution in [0.1, 0.15) is 42.7 Å². The van der Waals surface area contributed by atoms with Crippen LogP contribution in [0.2, 0.25) is 0 Å². The van der Waals surface area contributed by atoms with E-state index >= 15 is 0 Å². The van der Waals surface area contributed by atoms with Gasteiger partial charge < -0.3 is 9.64 Å². The molecule has 0 aromatic heterocycles. The zero-order chi connectivity index (χ0) is 19.8. The van der Waals surface area contributed by atoms with E-state index in [4.69, 9.17) is 4.74 Å². The number of rotatable bonds is 3. The van der Waals surface area contributed by atoms with E-state index in [1.165, 1.54) is 12.0 Å². The van der Waals surface area contributed by atoms with Gasteiger partial charge in [0, 0.05) is 28.5 Å². The summed E-state index contributed by atoms with van der Waals surface area (Å²) in [6.07, 6.45) is 4.29. The number of hydrogen-bond acceptors (Lipinski definition) is 3. The van der Waals surface area contributed by atoms with Gasteiger partial charge in [-0.15, -0.1) is 0 Å². The molecule has 0 amide bonds. The van der Waals surface area contributed by atoms with Crippen LogP contribution in [0.25, 0.3) is 0 Å². The number of aryl methyl sites for hydroxylation is 1. The normalized spacial score (nSPS) is 20.4. The number of carbonyl (C=O) groups is 1. The number of carbonyl (C=O) groups excluding carboxylic acids is 1. The standard InChI is InChI=1S/C26H25NO2/c1-18-16-21(17-24-22-14-8-9-15-23(22)26(28)29-25(18)24)27(19-10-4-2-5-11-19)20-12-6-3-7-13-20/h2-7,10-13,16-17,22-23H,8-9,14-15H2,1H3. The number of para-hydroxylation sites is 2. The van der Waals surface area contributed by atoms with E-state index in [9.17, 15) is 4.79 Å². The summed E-state index contributed by atoms with van der Waals surface area (Å²) in [4.78, 5) is 14.9. The molecule has 1 fully saturated rings. The van der Waals surface area contributed by atoms with Crippen LogP contribution in [0.5, 0.6) is 5.75 Å². The highest BCUT2D eigenvalue weighted by Gasteiger charge is 2.40. The summed E-state index contributed by atoms with van der Waals surface area (Å²) in [6.45, 7) is 2.05. The van der Waals surface area contributed by atoms with E-state index in [1.54, 1.807) is 0 Å². The van der Waals surface area contributed by atoms with E-state index in [0.717, 1.165) is 47.6 Å². The van der Waals surface area contributed by atoms with Crippen LogP contribution in [0, 0.1) is 12.8 Å². The van der Waals surface area contributed by atoms with Gasteiger partial charge in [0.2, 0.25) is 0 Å². The molecule has 1 aliphatic heterocycles. The maximum Gasteiger partial charge on any atom is 0.314 e. The van der Waals surface area contributed by atoms with Crippen molar-refractivity contribution in [3.63, 3.8) is 0 Å². The molecule has 0 saturated heterocycles. The van der Waals surface area contributed by atoms with Crippen molar-refractivity contribution in [2.24, 2.45) is 5.92 Å². The van der Waals surface area contributed by atoms with Gasteiger partial charge in [-0.2, -0.15) is 0 Å². The van der Waals surface area contributed by atoms with Crippen molar-refractivity contribution >= 4 is 23.0 Å². The molecule has 5 rings (SSSR count). The average molecular weight is 383 g/mol. The van der Waals surface area contributed by atoms with Crippen LogP contribution in [0.4, 0.5) is 17.1 Å². The SMILES string of the molecule is Cc1cc(N(c2ccccc2)c2ccccc2)cc2c1OC(=O)C1CCCCC21. The van der Waals surface area contributed by atoms with Crippen molar-refractivity contribution < 1.29 is 9.53 Å². The molecule has 0 radical (unpaired) electrons. The highest BCUT2D eigenvalue weighted by molar-refractivity contribution is 5.83. The molecule has 1 saturated carbocycles. The van der Waals surface area contributed by atoms with Gasteiger partial charge in [-0.3, -0.25) is 4.79 Å². The van der Waals surface area contributed by atoms with Crippen LogP contribution in [-0.2, 0) is 4.79 Å². The number of hydrogen-bond donors (Lipinski definition) is 0. The maximum absolute atomic E-state index is 12.6. The molecule has 0 N–H and O–H groups in total. The Labute approximate surface area is 171 Å². The third kappa shape index (κ3) is 3.21. The molecular formula is C26H25NO2. The third-order valence-electron chi connectivity index (χ3n) is 6.25. The van der Waals surface area contributed by atoms with E-state index in [2.05, 4.69) is 65.6 Å². The predicted molar refractivity (Wildman–Crippen MR) is 116 cm³/mol. The fourth-order valence-corrected chi connectivity index (χ4v) is 4.89. The summed E-state index contributed by atoms with van der Waals surface area (Å²) in [5.41, 5.74) is 5.56.